The van der Waals surface area contributed by atoms with Gasteiger partial charge in [-0.1, -0.05) is 0 Å². The number of carbonyl (C=O) groups is 1. The Hall–Kier alpha value is -1.19. The first-order valence-electron chi connectivity index (χ1n) is 4.88. The van der Waals surface area contributed by atoms with Crippen molar-refractivity contribution in [3.63, 3.8) is 0 Å². The third-order valence-corrected chi connectivity index (χ3v) is 4.30. The predicted molar refractivity (Wildman–Crippen MR) is 62.5 cm³/mol. The van der Waals surface area contributed by atoms with E-state index in [0.29, 0.717) is 5.69 Å². The zero-order valence-electron chi connectivity index (χ0n) is 8.93. The molecule has 0 unspecified atom stereocenters. The van der Waals surface area contributed by atoms with E-state index in [0.717, 1.165) is 24.4 Å². The largest absolute Gasteiger partial charge is 0.478 e. The normalized spacial score (nSPS) is 15.8. The van der Waals surface area contributed by atoms with Crippen molar-refractivity contribution < 1.29 is 18.3 Å². The van der Waals surface area contributed by atoms with Gasteiger partial charge < -0.3 is 5.11 Å². The number of carboxylic acids is 1. The van der Waals surface area contributed by atoms with E-state index in [-0.39, 0.29) is 16.6 Å². The minimum atomic E-state index is -3.71. The van der Waals surface area contributed by atoms with Crippen LogP contribution in [-0.4, -0.2) is 29.9 Å². The van der Waals surface area contributed by atoms with E-state index < -0.39 is 16.2 Å². The molecule has 0 radical (unpaired) electrons. The number of aromatic nitrogens is 1. The maximum atomic E-state index is 11.6. The molecule has 94 valence electrons. The van der Waals surface area contributed by atoms with Crippen LogP contribution in [0.25, 0.3) is 0 Å². The van der Waals surface area contributed by atoms with Gasteiger partial charge >= 0.3 is 5.97 Å². The van der Waals surface area contributed by atoms with Crippen LogP contribution in [0.3, 0.4) is 0 Å². The lowest BCUT2D eigenvalue weighted by atomic mass is 10.2. The maximum absolute atomic E-state index is 11.6. The van der Waals surface area contributed by atoms with Crippen molar-refractivity contribution in [3.8, 4) is 0 Å². The second-order valence-electron chi connectivity index (χ2n) is 3.77. The Morgan fingerprint density at radius 1 is 1.53 bits per heavy atom. The third-order valence-electron chi connectivity index (χ3n) is 2.20. The number of hydrogen-bond donors (Lipinski definition) is 3. The van der Waals surface area contributed by atoms with E-state index in [4.69, 9.17) is 5.11 Å². The van der Waals surface area contributed by atoms with Gasteiger partial charge in [0, 0.05) is 6.04 Å². The molecule has 0 amide bonds. The Kier molecular flexibility index (Phi) is 3.06. The first kappa shape index (κ1) is 12.3. The van der Waals surface area contributed by atoms with E-state index >= 15 is 0 Å². The van der Waals surface area contributed by atoms with Crippen molar-refractivity contribution in [2.24, 2.45) is 0 Å². The molecule has 0 atom stereocenters. The fourth-order valence-corrected chi connectivity index (χ4v) is 3.47. The number of anilines is 1. The molecule has 1 saturated carbocycles. The number of nitrogens with one attached hydrogen (secondary N) is 2. The lowest BCUT2D eigenvalue weighted by Gasteiger charge is -2.06. The average molecular weight is 277 g/mol. The van der Waals surface area contributed by atoms with E-state index in [1.54, 1.807) is 0 Å². The van der Waals surface area contributed by atoms with Gasteiger partial charge in [0.25, 0.3) is 10.2 Å². The summed E-state index contributed by atoms with van der Waals surface area (Å²) in [4.78, 5) is 10.9. The monoisotopic (exact) mass is 277 g/mol. The molecular formula is C8H11N3O4S2. The molecule has 9 heteroatoms. The SMILES string of the molecule is Cc1nsc(NS(=O)(=O)NC2CC2)c1C(=O)O. The van der Waals surface area contributed by atoms with E-state index in [1.807, 2.05) is 0 Å². The Labute approximate surface area is 102 Å². The molecule has 17 heavy (non-hydrogen) atoms. The summed E-state index contributed by atoms with van der Waals surface area (Å²) < 4.78 is 31.6. The lowest BCUT2D eigenvalue weighted by molar-refractivity contribution is 0.0697. The highest BCUT2D eigenvalue weighted by molar-refractivity contribution is 7.91. The Bertz CT molecular complexity index is 547. The zero-order valence-corrected chi connectivity index (χ0v) is 10.6. The van der Waals surface area contributed by atoms with E-state index in [2.05, 4.69) is 13.8 Å². The minimum Gasteiger partial charge on any atom is -0.478 e. The Morgan fingerprint density at radius 2 is 2.18 bits per heavy atom. The van der Waals surface area contributed by atoms with Crippen molar-refractivity contribution in [3.05, 3.63) is 11.3 Å². The van der Waals surface area contributed by atoms with Crippen LogP contribution >= 0.6 is 11.5 Å². The van der Waals surface area contributed by atoms with Crippen LogP contribution in [0.2, 0.25) is 0 Å². The molecule has 1 aliphatic carbocycles. The molecule has 1 aromatic heterocycles. The van der Waals surface area contributed by atoms with Crippen molar-refractivity contribution in [1.29, 1.82) is 0 Å². The quantitative estimate of drug-likeness (QED) is 0.728. The summed E-state index contributed by atoms with van der Waals surface area (Å²) >= 11 is 0.818. The number of rotatable bonds is 5. The van der Waals surface area contributed by atoms with Gasteiger partial charge in [-0.15, -0.1) is 0 Å². The van der Waals surface area contributed by atoms with Gasteiger partial charge in [0.05, 0.1) is 5.69 Å². The zero-order chi connectivity index (χ0) is 12.6. The number of hydrogen-bond acceptors (Lipinski definition) is 5. The molecule has 0 bridgehead atoms. The van der Waals surface area contributed by atoms with Gasteiger partial charge in [0.1, 0.15) is 10.6 Å². The summed E-state index contributed by atoms with van der Waals surface area (Å²) in [6, 6.07) is -0.0326. The first-order chi connectivity index (χ1) is 7.89. The predicted octanol–water partition coefficient (Wildman–Crippen LogP) is 0.558. The van der Waals surface area contributed by atoms with Crippen LogP contribution in [0.15, 0.2) is 0 Å². The lowest BCUT2D eigenvalue weighted by Crippen LogP contribution is -2.31. The molecule has 3 N–H and O–H groups in total. The van der Waals surface area contributed by atoms with Gasteiger partial charge in [-0.3, -0.25) is 4.72 Å². The molecule has 0 spiro atoms. The molecule has 2 rings (SSSR count). The molecule has 0 aromatic carbocycles. The van der Waals surface area contributed by atoms with Crippen LogP contribution in [0, 0.1) is 6.92 Å². The second-order valence-corrected chi connectivity index (χ2v) is 5.99. The average Bonchev–Trinajstić information content (AvgIpc) is 2.89. The first-order valence-corrected chi connectivity index (χ1v) is 7.14. The fourth-order valence-electron chi connectivity index (χ4n) is 1.26. The van der Waals surface area contributed by atoms with Crippen molar-refractivity contribution >= 4 is 32.7 Å². The van der Waals surface area contributed by atoms with Crippen LogP contribution < -0.4 is 9.44 Å². The molecule has 1 fully saturated rings. The summed E-state index contributed by atoms with van der Waals surface area (Å²) in [7, 11) is -3.71. The number of aromatic carboxylic acids is 1. The topological polar surface area (TPSA) is 108 Å². The van der Waals surface area contributed by atoms with E-state index in [1.165, 1.54) is 6.92 Å². The summed E-state index contributed by atoms with van der Waals surface area (Å²) in [5.41, 5.74) is 0.197. The summed E-state index contributed by atoms with van der Waals surface area (Å²) in [5.74, 6) is -1.19. The minimum absolute atomic E-state index is 0.0307. The molecule has 1 aromatic rings. The van der Waals surface area contributed by atoms with E-state index in [9.17, 15) is 13.2 Å². The highest BCUT2D eigenvalue weighted by atomic mass is 32.2. The summed E-state index contributed by atoms with van der Waals surface area (Å²) in [6.07, 6.45) is 1.63. The summed E-state index contributed by atoms with van der Waals surface area (Å²) in [5, 5.41) is 8.97. The number of carboxylic acid groups (broad SMARTS) is 1. The highest BCUT2D eigenvalue weighted by Crippen LogP contribution is 2.26. The molecule has 1 aliphatic rings. The van der Waals surface area contributed by atoms with Crippen molar-refractivity contribution in [1.82, 2.24) is 9.10 Å². The van der Waals surface area contributed by atoms with Crippen LogP contribution in [0.4, 0.5) is 5.00 Å². The molecule has 0 aliphatic heterocycles. The van der Waals surface area contributed by atoms with Gasteiger partial charge in [-0.2, -0.15) is 17.5 Å². The van der Waals surface area contributed by atoms with Gasteiger partial charge in [-0.25, -0.2) is 4.79 Å². The number of aryl methyl sites for hydroxylation is 1. The Balaban J connectivity index is 2.20. The molecule has 1 heterocycles. The molecule has 7 nitrogen and oxygen atoms in total. The standard InChI is InChI=1S/C8H11N3O4S2/c1-4-6(8(12)13)7(16-9-4)11-17(14,15)10-5-2-3-5/h5,10-11H,2-3H2,1H3,(H,12,13). The van der Waals surface area contributed by atoms with Crippen LogP contribution in [0.5, 0.6) is 0 Å². The smallest absolute Gasteiger partial charge is 0.340 e. The summed E-state index contributed by atoms with van der Waals surface area (Å²) in [6.45, 7) is 1.52. The third kappa shape index (κ3) is 2.93. The molecular weight excluding hydrogens is 266 g/mol. The van der Waals surface area contributed by atoms with Gasteiger partial charge in [0.2, 0.25) is 0 Å². The van der Waals surface area contributed by atoms with Crippen molar-refractivity contribution in [2.45, 2.75) is 25.8 Å². The number of nitrogens with zero attached hydrogens (tertiary/aromatic N) is 1. The fraction of sp³-hybridized carbons (Fsp3) is 0.500. The molecule has 0 saturated heterocycles. The van der Waals surface area contributed by atoms with Crippen LogP contribution in [0.1, 0.15) is 28.9 Å². The maximum Gasteiger partial charge on any atom is 0.340 e. The Morgan fingerprint density at radius 3 is 2.71 bits per heavy atom. The van der Waals surface area contributed by atoms with Crippen molar-refractivity contribution in [2.75, 3.05) is 4.72 Å². The van der Waals surface area contributed by atoms with Gasteiger partial charge in [-0.05, 0) is 31.3 Å². The highest BCUT2D eigenvalue weighted by Gasteiger charge is 2.28. The van der Waals surface area contributed by atoms with Gasteiger partial charge in [0.15, 0.2) is 0 Å². The second kappa shape index (κ2) is 4.24. The van der Waals surface area contributed by atoms with Crippen LogP contribution in [-0.2, 0) is 10.2 Å².